The van der Waals surface area contributed by atoms with Crippen molar-refractivity contribution >= 4 is 23.4 Å². The summed E-state index contributed by atoms with van der Waals surface area (Å²) in [6, 6.07) is 5.97. The van der Waals surface area contributed by atoms with Gasteiger partial charge in [0.2, 0.25) is 5.91 Å². The van der Waals surface area contributed by atoms with Crippen LogP contribution in [-0.4, -0.2) is 26.4 Å². The summed E-state index contributed by atoms with van der Waals surface area (Å²) in [5.74, 6) is 1.90. The number of hydrogen-bond acceptors (Lipinski definition) is 4. The molecule has 0 atom stereocenters. The van der Waals surface area contributed by atoms with Gasteiger partial charge in [-0.3, -0.25) is 4.79 Å². The fraction of sp³-hybridized carbons (Fsp3) is 0.526. The maximum Gasteiger partial charge on any atom is 0.234 e. The van der Waals surface area contributed by atoms with E-state index < -0.39 is 0 Å². The number of carbonyl (C=O) groups excluding carboxylic acids is 1. The zero-order valence-corrected chi connectivity index (χ0v) is 16.0. The smallest absolute Gasteiger partial charge is 0.234 e. The normalized spacial score (nSPS) is 15.3. The second-order valence-electron chi connectivity index (χ2n) is 6.87. The number of rotatable bonds is 5. The lowest BCUT2D eigenvalue weighted by Gasteiger charge is -2.20. The minimum absolute atomic E-state index is 0.0181. The first-order valence-electron chi connectivity index (χ1n) is 8.94. The zero-order valence-electron chi connectivity index (χ0n) is 15.2. The van der Waals surface area contributed by atoms with Crippen LogP contribution >= 0.6 is 11.8 Å². The summed E-state index contributed by atoms with van der Waals surface area (Å²) in [6.07, 6.45) is 6.28. The van der Waals surface area contributed by atoms with Gasteiger partial charge >= 0.3 is 0 Å². The molecule has 0 spiro atoms. The Hall–Kier alpha value is -1.82. The molecule has 0 bridgehead atoms. The van der Waals surface area contributed by atoms with E-state index in [9.17, 15) is 4.79 Å². The van der Waals surface area contributed by atoms with Gasteiger partial charge in [-0.2, -0.15) is 0 Å². The third kappa shape index (κ3) is 4.42. The number of benzene rings is 1. The summed E-state index contributed by atoms with van der Waals surface area (Å²) < 4.78 is 2.06. The summed E-state index contributed by atoms with van der Waals surface area (Å²) in [5.41, 5.74) is 3.24. The standard InChI is InChI=1S/C19H26N4OS/c1-13-9-10-16(11-14(13)2)20-17(24)12-25-19-22-21-18(23(19)3)15-7-5-4-6-8-15/h9-11,15H,4-8,12H2,1-3H3,(H,20,24). The fourth-order valence-corrected chi connectivity index (χ4v) is 4.03. The number of aromatic nitrogens is 3. The lowest BCUT2D eigenvalue weighted by atomic mass is 9.89. The van der Waals surface area contributed by atoms with E-state index in [0.29, 0.717) is 11.7 Å². The first-order valence-corrected chi connectivity index (χ1v) is 9.92. The SMILES string of the molecule is Cc1ccc(NC(=O)CSc2nnc(C3CCCCC3)n2C)cc1C. The Morgan fingerprint density at radius 2 is 1.96 bits per heavy atom. The first-order chi connectivity index (χ1) is 12.0. The molecule has 1 amide bonds. The van der Waals surface area contributed by atoms with E-state index in [-0.39, 0.29) is 5.91 Å². The third-order valence-corrected chi connectivity index (χ3v) is 5.98. The van der Waals surface area contributed by atoms with Crippen LogP contribution < -0.4 is 5.32 Å². The molecule has 134 valence electrons. The van der Waals surface area contributed by atoms with Crippen molar-refractivity contribution < 1.29 is 4.79 Å². The monoisotopic (exact) mass is 358 g/mol. The molecule has 1 heterocycles. The predicted octanol–water partition coefficient (Wildman–Crippen LogP) is 4.21. The van der Waals surface area contributed by atoms with Crippen LogP contribution in [0.15, 0.2) is 23.4 Å². The van der Waals surface area contributed by atoms with E-state index in [1.54, 1.807) is 0 Å². The van der Waals surface area contributed by atoms with E-state index in [2.05, 4.69) is 27.0 Å². The van der Waals surface area contributed by atoms with Crippen LogP contribution in [0.1, 0.15) is 55.0 Å². The molecule has 1 aliphatic carbocycles. The summed E-state index contributed by atoms with van der Waals surface area (Å²) in [7, 11) is 2.01. The van der Waals surface area contributed by atoms with Gasteiger partial charge in [-0.25, -0.2) is 0 Å². The van der Waals surface area contributed by atoms with Crippen molar-refractivity contribution in [2.75, 3.05) is 11.1 Å². The van der Waals surface area contributed by atoms with Crippen molar-refractivity contribution in [2.24, 2.45) is 7.05 Å². The molecule has 1 aromatic carbocycles. The van der Waals surface area contributed by atoms with E-state index in [1.165, 1.54) is 55.0 Å². The largest absolute Gasteiger partial charge is 0.325 e. The summed E-state index contributed by atoms with van der Waals surface area (Å²) in [5, 5.41) is 12.4. The van der Waals surface area contributed by atoms with E-state index >= 15 is 0 Å². The van der Waals surface area contributed by atoms with Crippen LogP contribution in [0, 0.1) is 13.8 Å². The molecule has 3 rings (SSSR count). The Morgan fingerprint density at radius 1 is 1.20 bits per heavy atom. The van der Waals surface area contributed by atoms with Gasteiger partial charge in [0, 0.05) is 18.7 Å². The summed E-state index contributed by atoms with van der Waals surface area (Å²) >= 11 is 1.44. The average molecular weight is 359 g/mol. The van der Waals surface area contributed by atoms with Crippen LogP contribution in [-0.2, 0) is 11.8 Å². The molecular weight excluding hydrogens is 332 g/mol. The second kappa shape index (κ2) is 8.04. The fourth-order valence-electron chi connectivity index (χ4n) is 3.31. The minimum Gasteiger partial charge on any atom is -0.325 e. The number of aryl methyl sites for hydroxylation is 2. The van der Waals surface area contributed by atoms with Crippen molar-refractivity contribution in [3.8, 4) is 0 Å². The molecule has 5 nitrogen and oxygen atoms in total. The van der Waals surface area contributed by atoms with Gasteiger partial charge in [0.1, 0.15) is 5.82 Å². The van der Waals surface area contributed by atoms with Crippen molar-refractivity contribution in [1.29, 1.82) is 0 Å². The molecule has 1 N–H and O–H groups in total. The van der Waals surface area contributed by atoms with Crippen LogP contribution in [0.3, 0.4) is 0 Å². The summed E-state index contributed by atoms with van der Waals surface area (Å²) in [6.45, 7) is 4.11. The zero-order chi connectivity index (χ0) is 17.8. The average Bonchev–Trinajstić information content (AvgIpc) is 2.98. The Kier molecular flexibility index (Phi) is 5.78. The van der Waals surface area contributed by atoms with Gasteiger partial charge in [-0.15, -0.1) is 10.2 Å². The van der Waals surface area contributed by atoms with Crippen LogP contribution in [0.4, 0.5) is 5.69 Å². The molecule has 1 aromatic heterocycles. The lowest BCUT2D eigenvalue weighted by Crippen LogP contribution is -2.15. The maximum absolute atomic E-state index is 12.2. The van der Waals surface area contributed by atoms with Crippen molar-refractivity contribution in [1.82, 2.24) is 14.8 Å². The molecule has 1 aliphatic rings. The molecular formula is C19H26N4OS. The van der Waals surface area contributed by atoms with Crippen LogP contribution in [0.2, 0.25) is 0 Å². The van der Waals surface area contributed by atoms with Gasteiger partial charge in [0.05, 0.1) is 5.75 Å². The van der Waals surface area contributed by atoms with Crippen LogP contribution in [0.5, 0.6) is 0 Å². The highest BCUT2D eigenvalue weighted by molar-refractivity contribution is 7.99. The van der Waals surface area contributed by atoms with Gasteiger partial charge in [-0.05, 0) is 49.9 Å². The number of nitrogens with zero attached hydrogens (tertiary/aromatic N) is 3. The van der Waals surface area contributed by atoms with Gasteiger partial charge in [0.25, 0.3) is 0 Å². The molecule has 0 unspecified atom stereocenters. The lowest BCUT2D eigenvalue weighted by molar-refractivity contribution is -0.113. The van der Waals surface area contributed by atoms with E-state index in [1.807, 2.05) is 32.2 Å². The highest BCUT2D eigenvalue weighted by Crippen LogP contribution is 2.32. The Balaban J connectivity index is 1.56. The first kappa shape index (κ1) is 18.0. The molecule has 0 aliphatic heterocycles. The second-order valence-corrected chi connectivity index (χ2v) is 7.81. The highest BCUT2D eigenvalue weighted by Gasteiger charge is 2.22. The van der Waals surface area contributed by atoms with Crippen molar-refractivity contribution in [2.45, 2.75) is 57.0 Å². The Bertz CT molecular complexity index is 750. The Labute approximate surface area is 153 Å². The van der Waals surface area contributed by atoms with Gasteiger partial charge in [-0.1, -0.05) is 37.1 Å². The van der Waals surface area contributed by atoms with E-state index in [0.717, 1.165) is 16.7 Å². The number of thioether (sulfide) groups is 1. The molecule has 0 radical (unpaired) electrons. The molecule has 0 saturated heterocycles. The number of hydrogen-bond donors (Lipinski definition) is 1. The third-order valence-electron chi connectivity index (χ3n) is 4.96. The molecule has 25 heavy (non-hydrogen) atoms. The molecule has 6 heteroatoms. The van der Waals surface area contributed by atoms with Gasteiger partial charge < -0.3 is 9.88 Å². The van der Waals surface area contributed by atoms with Crippen molar-refractivity contribution in [3.63, 3.8) is 0 Å². The van der Waals surface area contributed by atoms with Crippen LogP contribution in [0.25, 0.3) is 0 Å². The molecule has 2 aromatic rings. The molecule has 1 fully saturated rings. The number of carbonyl (C=O) groups is 1. The number of amides is 1. The summed E-state index contributed by atoms with van der Waals surface area (Å²) in [4.78, 5) is 12.2. The van der Waals surface area contributed by atoms with Crippen molar-refractivity contribution in [3.05, 3.63) is 35.2 Å². The topological polar surface area (TPSA) is 59.8 Å². The molecule has 1 saturated carbocycles. The quantitative estimate of drug-likeness (QED) is 0.813. The maximum atomic E-state index is 12.2. The van der Waals surface area contributed by atoms with Gasteiger partial charge in [0.15, 0.2) is 5.16 Å². The highest BCUT2D eigenvalue weighted by atomic mass is 32.2. The minimum atomic E-state index is -0.0181. The van der Waals surface area contributed by atoms with E-state index in [4.69, 9.17) is 0 Å². The Morgan fingerprint density at radius 3 is 2.68 bits per heavy atom. The number of nitrogens with one attached hydrogen (secondary N) is 1. The predicted molar refractivity (Wildman–Crippen MR) is 102 cm³/mol. The number of anilines is 1.